The van der Waals surface area contributed by atoms with Crippen LogP contribution in [0.1, 0.15) is 24.0 Å². The van der Waals surface area contributed by atoms with Gasteiger partial charge in [0.25, 0.3) is 0 Å². The van der Waals surface area contributed by atoms with Crippen LogP contribution < -0.4 is 14.4 Å². The highest BCUT2D eigenvalue weighted by atomic mass is 16.5. The van der Waals surface area contributed by atoms with E-state index in [4.69, 9.17) is 9.47 Å². The number of quaternary nitrogens is 1. The van der Waals surface area contributed by atoms with Gasteiger partial charge in [-0.05, 0) is 12.1 Å². The van der Waals surface area contributed by atoms with Crippen LogP contribution in [0.2, 0.25) is 0 Å². The number of hydrogen-bond donors (Lipinski definition) is 2. The van der Waals surface area contributed by atoms with Gasteiger partial charge in [0.15, 0.2) is 11.5 Å². The normalized spacial score (nSPS) is 34.8. The molecular formula is C17H23NO4. The van der Waals surface area contributed by atoms with Crippen LogP contribution in [0, 0.1) is 0 Å². The van der Waals surface area contributed by atoms with Crippen LogP contribution in [0.3, 0.4) is 0 Å². The second-order valence-corrected chi connectivity index (χ2v) is 6.57. The standard InChI is InChI=1S/C17H21NO3.H2O/c1-18-8-7-17-6-5-12(19)9-14(17)21-16-13(20-2)4-3-11(10-18)15(16)17;/h3-6,12,14,19H,7-10H2,1-2H3;1H2/t12-,14+,17+;/m1./s1. The average molecular weight is 305 g/mol. The molecule has 1 unspecified atom stereocenters. The van der Waals surface area contributed by atoms with E-state index in [0.29, 0.717) is 6.42 Å². The second-order valence-electron chi connectivity index (χ2n) is 6.57. The van der Waals surface area contributed by atoms with Crippen molar-refractivity contribution in [1.82, 2.24) is 0 Å². The molecule has 22 heavy (non-hydrogen) atoms. The topological polar surface area (TPSA) is 73.1 Å². The fourth-order valence-corrected chi connectivity index (χ4v) is 4.18. The molecule has 1 aliphatic carbocycles. The van der Waals surface area contributed by atoms with Crippen molar-refractivity contribution in [1.29, 1.82) is 0 Å². The minimum absolute atomic E-state index is 0. The average Bonchev–Trinajstić information content (AvgIpc) is 2.72. The zero-order valence-corrected chi connectivity index (χ0v) is 13.0. The van der Waals surface area contributed by atoms with E-state index in [2.05, 4.69) is 19.2 Å². The molecule has 0 fully saturated rings. The molecule has 2 heterocycles. The minimum Gasteiger partial charge on any atom is -0.870 e. The van der Waals surface area contributed by atoms with Gasteiger partial charge in [-0.25, -0.2) is 0 Å². The van der Waals surface area contributed by atoms with Crippen LogP contribution in [0.4, 0.5) is 0 Å². The fourth-order valence-electron chi connectivity index (χ4n) is 4.18. The molecule has 120 valence electrons. The summed E-state index contributed by atoms with van der Waals surface area (Å²) in [5.74, 6) is 1.71. The first-order valence-electron chi connectivity index (χ1n) is 7.70. The lowest BCUT2D eigenvalue weighted by Gasteiger charge is -2.35. The Morgan fingerprint density at radius 3 is 3.00 bits per heavy atom. The fraction of sp³-hybridized carbons (Fsp3) is 0.529. The predicted octanol–water partition coefficient (Wildman–Crippen LogP) is 0.256. The summed E-state index contributed by atoms with van der Waals surface area (Å²) in [6.07, 6.45) is 5.47. The lowest BCUT2D eigenvalue weighted by atomic mass is 9.69. The van der Waals surface area contributed by atoms with Gasteiger partial charge in [-0.1, -0.05) is 12.2 Å². The van der Waals surface area contributed by atoms with Gasteiger partial charge in [-0.3, -0.25) is 0 Å². The van der Waals surface area contributed by atoms with E-state index in [9.17, 15) is 5.11 Å². The van der Waals surface area contributed by atoms with Crippen molar-refractivity contribution < 1.29 is 25.0 Å². The summed E-state index contributed by atoms with van der Waals surface area (Å²) in [7, 11) is 3.93. The van der Waals surface area contributed by atoms with Crippen molar-refractivity contribution in [2.45, 2.75) is 37.0 Å². The number of aliphatic hydroxyl groups is 1. The summed E-state index contributed by atoms with van der Waals surface area (Å²) in [6.45, 7) is 2.12. The number of rotatable bonds is 1. The molecule has 3 N–H and O–H groups in total. The SMILES string of the molecule is COc1ccc2c3c1O[C@H]1C[C@H](O)C=C[C@@]31CC[NH+](C)C2.[OH-]. The van der Waals surface area contributed by atoms with E-state index in [1.165, 1.54) is 16.0 Å². The molecule has 4 atom stereocenters. The zero-order chi connectivity index (χ0) is 14.6. The molecule has 0 bridgehead atoms. The van der Waals surface area contributed by atoms with Crippen LogP contribution in [-0.2, 0) is 12.0 Å². The largest absolute Gasteiger partial charge is 0.870 e. The summed E-state index contributed by atoms with van der Waals surface area (Å²) < 4.78 is 11.8. The number of methoxy groups -OCH3 is 1. The van der Waals surface area contributed by atoms with Gasteiger partial charge in [0, 0.05) is 24.0 Å². The predicted molar refractivity (Wildman–Crippen MR) is 80.9 cm³/mol. The third-order valence-electron chi connectivity index (χ3n) is 5.26. The maximum Gasteiger partial charge on any atom is 0.166 e. The van der Waals surface area contributed by atoms with Crippen molar-refractivity contribution >= 4 is 0 Å². The Morgan fingerprint density at radius 2 is 2.23 bits per heavy atom. The van der Waals surface area contributed by atoms with Crippen LogP contribution in [0.15, 0.2) is 24.3 Å². The monoisotopic (exact) mass is 305 g/mol. The molecular weight excluding hydrogens is 282 g/mol. The van der Waals surface area contributed by atoms with Crippen LogP contribution >= 0.6 is 0 Å². The molecule has 1 aromatic carbocycles. The van der Waals surface area contributed by atoms with Gasteiger partial charge in [0.1, 0.15) is 12.6 Å². The van der Waals surface area contributed by atoms with Gasteiger partial charge in [-0.2, -0.15) is 0 Å². The smallest absolute Gasteiger partial charge is 0.166 e. The number of nitrogens with one attached hydrogen (secondary N) is 1. The molecule has 3 aliphatic rings. The maximum atomic E-state index is 9.98. The lowest BCUT2D eigenvalue weighted by Crippen LogP contribution is -3.07. The van der Waals surface area contributed by atoms with Gasteiger partial charge < -0.3 is 25.0 Å². The minimum atomic E-state index is -0.405. The first kappa shape index (κ1) is 15.3. The zero-order valence-electron chi connectivity index (χ0n) is 13.0. The Balaban J connectivity index is 0.00000144. The van der Waals surface area contributed by atoms with Crippen molar-refractivity contribution in [3.63, 3.8) is 0 Å². The Kier molecular flexibility index (Phi) is 3.67. The van der Waals surface area contributed by atoms with E-state index < -0.39 is 6.10 Å². The van der Waals surface area contributed by atoms with Gasteiger partial charge in [0.05, 0.1) is 32.2 Å². The molecule has 5 heteroatoms. The van der Waals surface area contributed by atoms with E-state index in [1.54, 1.807) is 7.11 Å². The number of hydrogen-bond acceptors (Lipinski definition) is 4. The summed E-state index contributed by atoms with van der Waals surface area (Å²) in [5.41, 5.74) is 2.56. The van der Waals surface area contributed by atoms with Crippen LogP contribution in [-0.4, -0.2) is 43.5 Å². The summed E-state index contributed by atoms with van der Waals surface area (Å²) in [6, 6.07) is 4.19. The van der Waals surface area contributed by atoms with E-state index in [-0.39, 0.29) is 17.0 Å². The summed E-state index contributed by atoms with van der Waals surface area (Å²) >= 11 is 0. The lowest BCUT2D eigenvalue weighted by molar-refractivity contribution is -0.893. The first-order valence-corrected chi connectivity index (χ1v) is 7.70. The Bertz CT molecular complexity index is 615. The van der Waals surface area contributed by atoms with Crippen LogP contribution in [0.5, 0.6) is 11.5 Å². The van der Waals surface area contributed by atoms with Gasteiger partial charge in [-0.15, -0.1) is 0 Å². The Hall–Kier alpha value is -1.56. The Labute approximate surface area is 130 Å². The van der Waals surface area contributed by atoms with Crippen molar-refractivity contribution in [3.8, 4) is 11.5 Å². The molecule has 2 aliphatic heterocycles. The highest BCUT2D eigenvalue weighted by molar-refractivity contribution is 5.60. The number of ether oxygens (including phenoxy) is 2. The Morgan fingerprint density at radius 1 is 1.41 bits per heavy atom. The van der Waals surface area contributed by atoms with Gasteiger partial charge in [0.2, 0.25) is 0 Å². The molecule has 5 nitrogen and oxygen atoms in total. The molecule has 4 rings (SSSR count). The molecule has 0 saturated heterocycles. The molecule has 0 saturated carbocycles. The quantitative estimate of drug-likeness (QED) is 0.730. The summed E-state index contributed by atoms with van der Waals surface area (Å²) in [5, 5.41) is 9.98. The van der Waals surface area contributed by atoms with Crippen molar-refractivity contribution in [2.75, 3.05) is 20.7 Å². The van der Waals surface area contributed by atoms with Crippen molar-refractivity contribution in [3.05, 3.63) is 35.4 Å². The molecule has 1 spiro atoms. The van der Waals surface area contributed by atoms with Gasteiger partial charge >= 0.3 is 0 Å². The highest BCUT2D eigenvalue weighted by Crippen LogP contribution is 2.54. The third-order valence-corrected chi connectivity index (χ3v) is 5.26. The molecule has 1 aromatic rings. The maximum absolute atomic E-state index is 9.98. The van der Waals surface area contributed by atoms with Crippen LogP contribution in [0.25, 0.3) is 0 Å². The van der Waals surface area contributed by atoms with E-state index in [0.717, 1.165) is 31.0 Å². The third kappa shape index (κ3) is 1.96. The molecule has 0 amide bonds. The number of aliphatic hydroxyl groups excluding tert-OH is 1. The summed E-state index contributed by atoms with van der Waals surface area (Å²) in [4.78, 5) is 1.52. The van der Waals surface area contributed by atoms with E-state index >= 15 is 0 Å². The number of benzene rings is 1. The first-order chi connectivity index (χ1) is 10.1. The second kappa shape index (κ2) is 5.26. The molecule has 0 aromatic heterocycles. The van der Waals surface area contributed by atoms with E-state index in [1.807, 2.05) is 12.1 Å². The molecule has 0 radical (unpaired) electrons. The highest BCUT2D eigenvalue weighted by Gasteiger charge is 2.53. The van der Waals surface area contributed by atoms with Crippen molar-refractivity contribution in [2.24, 2.45) is 0 Å².